The standard InChI is InChI=1S/C25H41N3O/c1-3-9-22(10-4-1)26-21-24-11-7-19-28(24)23-12-14-25(15-13-23)29-20-8-18-27-16-5-2-6-17-27/h12-15,22,24,26H,1-11,16-21H2/t24-/m0/s1. The summed E-state index contributed by atoms with van der Waals surface area (Å²) in [5.74, 6) is 1.02. The summed E-state index contributed by atoms with van der Waals surface area (Å²) in [5.41, 5.74) is 1.36. The van der Waals surface area contributed by atoms with Crippen molar-refractivity contribution >= 4 is 5.69 Å². The molecule has 0 radical (unpaired) electrons. The van der Waals surface area contributed by atoms with Crippen LogP contribution >= 0.6 is 0 Å². The highest BCUT2D eigenvalue weighted by atomic mass is 16.5. The molecule has 1 saturated carbocycles. The molecule has 0 spiro atoms. The van der Waals surface area contributed by atoms with Crippen LogP contribution in [0.1, 0.15) is 70.6 Å². The first-order valence-electron chi connectivity index (χ1n) is 12.3. The van der Waals surface area contributed by atoms with Crippen LogP contribution in [0.25, 0.3) is 0 Å². The first kappa shape index (κ1) is 21.0. The highest BCUT2D eigenvalue weighted by Gasteiger charge is 2.25. The van der Waals surface area contributed by atoms with Gasteiger partial charge in [-0.3, -0.25) is 0 Å². The predicted molar refractivity (Wildman–Crippen MR) is 122 cm³/mol. The highest BCUT2D eigenvalue weighted by Crippen LogP contribution is 2.27. The van der Waals surface area contributed by atoms with E-state index in [2.05, 4.69) is 39.4 Å². The SMILES string of the molecule is c1cc(N2CCC[C@H]2CNC2CCCCC2)ccc1OCCCN1CCCCC1. The van der Waals surface area contributed by atoms with Crippen LogP contribution in [-0.2, 0) is 0 Å². The molecule has 0 amide bonds. The van der Waals surface area contributed by atoms with Gasteiger partial charge < -0.3 is 19.9 Å². The molecule has 2 aliphatic heterocycles. The normalized spacial score (nSPS) is 24.1. The Balaban J connectivity index is 1.19. The molecule has 0 aromatic heterocycles. The van der Waals surface area contributed by atoms with Crippen LogP contribution in [0.5, 0.6) is 5.75 Å². The largest absolute Gasteiger partial charge is 0.494 e. The van der Waals surface area contributed by atoms with Crippen molar-refractivity contribution in [1.82, 2.24) is 10.2 Å². The van der Waals surface area contributed by atoms with Crippen LogP contribution in [-0.4, -0.2) is 56.3 Å². The van der Waals surface area contributed by atoms with E-state index in [-0.39, 0.29) is 0 Å². The second kappa shape index (κ2) is 11.2. The Morgan fingerprint density at radius 3 is 2.38 bits per heavy atom. The molecular formula is C25H41N3O. The van der Waals surface area contributed by atoms with E-state index in [0.29, 0.717) is 6.04 Å². The van der Waals surface area contributed by atoms with Gasteiger partial charge in [0.1, 0.15) is 5.75 Å². The number of nitrogens with zero attached hydrogens (tertiary/aromatic N) is 2. The zero-order chi connectivity index (χ0) is 19.7. The lowest BCUT2D eigenvalue weighted by atomic mass is 9.95. The summed E-state index contributed by atoms with van der Waals surface area (Å²) >= 11 is 0. The molecular weight excluding hydrogens is 358 g/mol. The molecule has 4 nitrogen and oxygen atoms in total. The van der Waals surface area contributed by atoms with Gasteiger partial charge in [-0.15, -0.1) is 0 Å². The van der Waals surface area contributed by atoms with Crippen LogP contribution in [0.15, 0.2) is 24.3 Å². The van der Waals surface area contributed by atoms with Crippen molar-refractivity contribution in [2.45, 2.75) is 82.7 Å². The molecule has 2 heterocycles. The Morgan fingerprint density at radius 2 is 1.59 bits per heavy atom. The number of anilines is 1. The van der Waals surface area contributed by atoms with Gasteiger partial charge in [-0.2, -0.15) is 0 Å². The van der Waals surface area contributed by atoms with E-state index in [1.54, 1.807) is 0 Å². The molecule has 1 aromatic carbocycles. The Bertz CT molecular complexity index is 578. The van der Waals surface area contributed by atoms with E-state index < -0.39 is 0 Å². The molecule has 3 aliphatic rings. The topological polar surface area (TPSA) is 27.7 Å². The molecule has 2 saturated heterocycles. The lowest BCUT2D eigenvalue weighted by Gasteiger charge is -2.30. The molecule has 1 atom stereocenters. The van der Waals surface area contributed by atoms with Gasteiger partial charge in [-0.05, 0) is 82.3 Å². The summed E-state index contributed by atoms with van der Waals surface area (Å²) in [5, 5.41) is 3.87. The van der Waals surface area contributed by atoms with E-state index in [0.717, 1.165) is 31.4 Å². The van der Waals surface area contributed by atoms with Gasteiger partial charge in [0.25, 0.3) is 0 Å². The minimum atomic E-state index is 0.647. The van der Waals surface area contributed by atoms with Gasteiger partial charge in [-0.25, -0.2) is 0 Å². The first-order chi connectivity index (χ1) is 14.4. The molecule has 162 valence electrons. The third-order valence-corrected chi connectivity index (χ3v) is 7.13. The van der Waals surface area contributed by atoms with E-state index in [4.69, 9.17) is 4.74 Å². The Labute approximate surface area is 178 Å². The van der Waals surface area contributed by atoms with E-state index in [1.807, 2.05) is 0 Å². The summed E-state index contributed by atoms with van der Waals surface area (Å²) in [4.78, 5) is 5.20. The maximum absolute atomic E-state index is 6.01. The van der Waals surface area contributed by atoms with Crippen molar-refractivity contribution < 1.29 is 4.74 Å². The monoisotopic (exact) mass is 399 g/mol. The fraction of sp³-hybridized carbons (Fsp3) is 0.760. The number of hydrogen-bond acceptors (Lipinski definition) is 4. The summed E-state index contributed by atoms with van der Waals surface area (Å²) in [6.07, 6.45) is 14.9. The van der Waals surface area contributed by atoms with Crippen LogP contribution < -0.4 is 15.0 Å². The molecule has 1 N–H and O–H groups in total. The minimum absolute atomic E-state index is 0.647. The first-order valence-corrected chi connectivity index (χ1v) is 12.3. The smallest absolute Gasteiger partial charge is 0.119 e. The number of nitrogens with one attached hydrogen (secondary N) is 1. The Hall–Kier alpha value is -1.26. The summed E-state index contributed by atoms with van der Waals surface area (Å²) in [7, 11) is 0. The van der Waals surface area contributed by atoms with Crippen LogP contribution in [0.2, 0.25) is 0 Å². The molecule has 29 heavy (non-hydrogen) atoms. The Morgan fingerprint density at radius 1 is 0.828 bits per heavy atom. The van der Waals surface area contributed by atoms with Crippen LogP contribution in [0, 0.1) is 0 Å². The average Bonchev–Trinajstić information content (AvgIpc) is 3.26. The number of likely N-dealkylation sites (tertiary alicyclic amines) is 1. The van der Waals surface area contributed by atoms with Gasteiger partial charge in [0, 0.05) is 37.4 Å². The fourth-order valence-electron chi connectivity index (χ4n) is 5.39. The number of benzene rings is 1. The number of hydrogen-bond donors (Lipinski definition) is 1. The molecule has 1 aromatic rings. The zero-order valence-corrected chi connectivity index (χ0v) is 18.3. The number of piperidine rings is 1. The summed E-state index contributed by atoms with van der Waals surface area (Å²) < 4.78 is 6.01. The predicted octanol–water partition coefficient (Wildman–Crippen LogP) is 4.83. The summed E-state index contributed by atoms with van der Waals surface area (Å²) in [6.45, 7) is 6.89. The zero-order valence-electron chi connectivity index (χ0n) is 18.3. The van der Waals surface area contributed by atoms with Gasteiger partial charge in [0.05, 0.1) is 6.61 Å². The molecule has 4 rings (SSSR count). The molecule has 0 bridgehead atoms. The van der Waals surface area contributed by atoms with Gasteiger partial charge in [0.15, 0.2) is 0 Å². The summed E-state index contributed by atoms with van der Waals surface area (Å²) in [6, 6.07) is 10.3. The third kappa shape index (κ3) is 6.36. The Kier molecular flexibility index (Phi) is 8.12. The van der Waals surface area contributed by atoms with Crippen molar-refractivity contribution in [2.75, 3.05) is 44.2 Å². The van der Waals surface area contributed by atoms with Gasteiger partial charge >= 0.3 is 0 Å². The van der Waals surface area contributed by atoms with Crippen molar-refractivity contribution in [1.29, 1.82) is 0 Å². The van der Waals surface area contributed by atoms with Gasteiger partial charge in [0.2, 0.25) is 0 Å². The van der Waals surface area contributed by atoms with Crippen molar-refractivity contribution in [3.05, 3.63) is 24.3 Å². The quantitative estimate of drug-likeness (QED) is 0.602. The maximum atomic E-state index is 6.01. The van der Waals surface area contributed by atoms with E-state index in [1.165, 1.54) is 96.1 Å². The van der Waals surface area contributed by atoms with Crippen molar-refractivity contribution in [2.24, 2.45) is 0 Å². The highest BCUT2D eigenvalue weighted by molar-refractivity contribution is 5.50. The minimum Gasteiger partial charge on any atom is -0.494 e. The molecule has 3 fully saturated rings. The molecule has 4 heteroatoms. The number of rotatable bonds is 9. The van der Waals surface area contributed by atoms with Crippen LogP contribution in [0.3, 0.4) is 0 Å². The van der Waals surface area contributed by atoms with Gasteiger partial charge in [-0.1, -0.05) is 25.7 Å². The van der Waals surface area contributed by atoms with Crippen molar-refractivity contribution in [3.8, 4) is 5.75 Å². The molecule has 1 aliphatic carbocycles. The fourth-order valence-corrected chi connectivity index (χ4v) is 5.39. The average molecular weight is 400 g/mol. The van der Waals surface area contributed by atoms with E-state index >= 15 is 0 Å². The van der Waals surface area contributed by atoms with Crippen molar-refractivity contribution in [3.63, 3.8) is 0 Å². The molecule has 0 unspecified atom stereocenters. The lowest BCUT2D eigenvalue weighted by Crippen LogP contribution is -2.42. The maximum Gasteiger partial charge on any atom is 0.119 e. The lowest BCUT2D eigenvalue weighted by molar-refractivity contribution is 0.205. The van der Waals surface area contributed by atoms with E-state index in [9.17, 15) is 0 Å². The second-order valence-electron chi connectivity index (χ2n) is 9.33. The van der Waals surface area contributed by atoms with Crippen LogP contribution in [0.4, 0.5) is 5.69 Å². The third-order valence-electron chi connectivity index (χ3n) is 7.13. The number of ether oxygens (including phenoxy) is 1. The second-order valence-corrected chi connectivity index (χ2v) is 9.33.